The second kappa shape index (κ2) is 6.06. The van der Waals surface area contributed by atoms with Gasteiger partial charge in [0.25, 0.3) is 0 Å². The van der Waals surface area contributed by atoms with Crippen molar-refractivity contribution in [2.45, 2.75) is 39.0 Å². The van der Waals surface area contributed by atoms with E-state index in [-0.39, 0.29) is 18.5 Å². The Morgan fingerprint density at radius 3 is 2.58 bits per heavy atom. The zero-order valence-corrected chi connectivity index (χ0v) is 10.7. The van der Waals surface area contributed by atoms with Crippen LogP contribution in [0.15, 0.2) is 18.2 Å². The summed E-state index contributed by atoms with van der Waals surface area (Å²) in [6.45, 7) is 3.16. The molecule has 1 unspecified atom stereocenters. The van der Waals surface area contributed by atoms with Crippen molar-refractivity contribution in [1.29, 1.82) is 0 Å². The molecule has 0 aliphatic rings. The summed E-state index contributed by atoms with van der Waals surface area (Å²) in [6.07, 6.45) is -4.72. The topological polar surface area (TPSA) is 49.3 Å². The second-order valence-corrected chi connectivity index (χ2v) is 4.46. The van der Waals surface area contributed by atoms with E-state index >= 15 is 0 Å². The van der Waals surface area contributed by atoms with Gasteiger partial charge in [0.1, 0.15) is 0 Å². The Labute approximate surface area is 109 Å². The zero-order chi connectivity index (χ0) is 14.6. The van der Waals surface area contributed by atoms with Crippen LogP contribution in [0.25, 0.3) is 0 Å². The van der Waals surface area contributed by atoms with Crippen LogP contribution < -0.4 is 5.32 Å². The molecule has 0 aromatic heterocycles. The molecule has 0 radical (unpaired) electrons. The molecule has 1 atom stereocenters. The Morgan fingerprint density at radius 1 is 1.42 bits per heavy atom. The average molecular weight is 275 g/mol. The number of aliphatic hydroxyl groups is 1. The van der Waals surface area contributed by atoms with Crippen molar-refractivity contribution in [3.63, 3.8) is 0 Å². The first-order chi connectivity index (χ1) is 8.70. The predicted octanol–water partition coefficient (Wildman–Crippen LogP) is 3.11. The molecule has 0 saturated heterocycles. The third kappa shape index (κ3) is 4.90. The van der Waals surface area contributed by atoms with E-state index < -0.39 is 23.8 Å². The molecule has 1 rings (SSSR count). The second-order valence-electron chi connectivity index (χ2n) is 4.46. The van der Waals surface area contributed by atoms with Crippen molar-refractivity contribution in [2.24, 2.45) is 0 Å². The molecule has 0 heterocycles. The van der Waals surface area contributed by atoms with E-state index in [2.05, 4.69) is 5.32 Å². The summed E-state index contributed by atoms with van der Waals surface area (Å²) < 4.78 is 37.6. The fourth-order valence-electron chi connectivity index (χ4n) is 1.49. The van der Waals surface area contributed by atoms with E-state index in [1.165, 1.54) is 6.07 Å². The lowest BCUT2D eigenvalue weighted by Crippen LogP contribution is -2.15. The van der Waals surface area contributed by atoms with E-state index in [9.17, 15) is 18.0 Å². The summed E-state index contributed by atoms with van der Waals surface area (Å²) >= 11 is 0. The molecule has 106 valence electrons. The van der Waals surface area contributed by atoms with Gasteiger partial charge in [-0.3, -0.25) is 4.79 Å². The SMILES string of the molecule is Cc1ccc(C(F)(F)F)cc1NC(=O)CCC(C)O. The van der Waals surface area contributed by atoms with Gasteiger partial charge in [-0.25, -0.2) is 0 Å². The van der Waals surface area contributed by atoms with E-state index in [4.69, 9.17) is 5.11 Å². The average Bonchev–Trinajstić information content (AvgIpc) is 2.28. The molecule has 0 aliphatic heterocycles. The molecule has 3 nitrogen and oxygen atoms in total. The van der Waals surface area contributed by atoms with Crippen LogP contribution in [0, 0.1) is 6.92 Å². The minimum Gasteiger partial charge on any atom is -0.393 e. The maximum atomic E-state index is 12.5. The van der Waals surface area contributed by atoms with Gasteiger partial charge in [0.15, 0.2) is 0 Å². The number of hydrogen-bond donors (Lipinski definition) is 2. The number of amides is 1. The van der Waals surface area contributed by atoms with Gasteiger partial charge in [0.05, 0.1) is 11.7 Å². The molecule has 0 fully saturated rings. The fraction of sp³-hybridized carbons (Fsp3) is 0.462. The van der Waals surface area contributed by atoms with Crippen molar-refractivity contribution in [3.05, 3.63) is 29.3 Å². The summed E-state index contributed by atoms with van der Waals surface area (Å²) in [6, 6.07) is 3.20. The van der Waals surface area contributed by atoms with Crippen molar-refractivity contribution < 1.29 is 23.1 Å². The zero-order valence-electron chi connectivity index (χ0n) is 10.7. The summed E-state index contributed by atoms with van der Waals surface area (Å²) in [5, 5.41) is 11.5. The quantitative estimate of drug-likeness (QED) is 0.887. The molecular weight excluding hydrogens is 259 g/mol. The molecule has 19 heavy (non-hydrogen) atoms. The van der Waals surface area contributed by atoms with Gasteiger partial charge in [-0.1, -0.05) is 6.07 Å². The summed E-state index contributed by atoms with van der Waals surface area (Å²) in [5.74, 6) is -0.414. The number of carbonyl (C=O) groups is 1. The molecule has 1 aromatic carbocycles. The predicted molar refractivity (Wildman–Crippen MR) is 65.7 cm³/mol. The molecule has 0 bridgehead atoms. The number of alkyl halides is 3. The van der Waals surface area contributed by atoms with E-state index in [1.807, 2.05) is 0 Å². The third-order valence-corrected chi connectivity index (χ3v) is 2.63. The number of halogens is 3. The maximum Gasteiger partial charge on any atom is 0.416 e. The first-order valence-corrected chi connectivity index (χ1v) is 5.86. The number of anilines is 1. The Hall–Kier alpha value is -1.56. The fourth-order valence-corrected chi connectivity index (χ4v) is 1.49. The van der Waals surface area contributed by atoms with Crippen molar-refractivity contribution >= 4 is 11.6 Å². The number of rotatable bonds is 4. The maximum absolute atomic E-state index is 12.5. The van der Waals surface area contributed by atoms with Gasteiger partial charge >= 0.3 is 6.18 Å². The molecule has 2 N–H and O–H groups in total. The van der Waals surface area contributed by atoms with Crippen molar-refractivity contribution in [3.8, 4) is 0 Å². The lowest BCUT2D eigenvalue weighted by molar-refractivity contribution is -0.137. The highest BCUT2D eigenvalue weighted by molar-refractivity contribution is 5.91. The molecule has 1 amide bonds. The first kappa shape index (κ1) is 15.5. The number of nitrogens with one attached hydrogen (secondary N) is 1. The van der Waals surface area contributed by atoms with Crippen molar-refractivity contribution in [1.82, 2.24) is 0 Å². The number of benzene rings is 1. The van der Waals surface area contributed by atoms with Crippen LogP contribution in [-0.4, -0.2) is 17.1 Å². The Bertz CT molecular complexity index is 456. The van der Waals surface area contributed by atoms with Gasteiger partial charge in [0.2, 0.25) is 5.91 Å². The van der Waals surface area contributed by atoms with Crippen molar-refractivity contribution in [2.75, 3.05) is 5.32 Å². The first-order valence-electron chi connectivity index (χ1n) is 5.86. The van der Waals surface area contributed by atoms with Gasteiger partial charge in [0, 0.05) is 12.1 Å². The van der Waals surface area contributed by atoms with Crippen LogP contribution in [0.4, 0.5) is 18.9 Å². The van der Waals surface area contributed by atoms with Crippen LogP contribution in [0.1, 0.15) is 30.9 Å². The normalized spacial score (nSPS) is 13.2. The standard InChI is InChI=1S/C13H16F3NO2/c1-8-3-5-10(13(14,15)16)7-11(8)17-12(19)6-4-9(2)18/h3,5,7,9,18H,4,6H2,1-2H3,(H,17,19). The van der Waals surface area contributed by atoms with E-state index in [1.54, 1.807) is 13.8 Å². The number of carbonyl (C=O) groups excluding carboxylic acids is 1. The molecule has 1 aromatic rings. The third-order valence-electron chi connectivity index (χ3n) is 2.63. The number of aryl methyl sites for hydroxylation is 1. The highest BCUT2D eigenvalue weighted by Crippen LogP contribution is 2.32. The van der Waals surface area contributed by atoms with Gasteiger partial charge in [-0.05, 0) is 38.0 Å². The lowest BCUT2D eigenvalue weighted by Gasteiger charge is -2.12. The van der Waals surface area contributed by atoms with Crippen LogP contribution >= 0.6 is 0 Å². The Morgan fingerprint density at radius 2 is 2.05 bits per heavy atom. The van der Waals surface area contributed by atoms with E-state index in [0.29, 0.717) is 5.56 Å². The van der Waals surface area contributed by atoms with Gasteiger partial charge < -0.3 is 10.4 Å². The monoisotopic (exact) mass is 275 g/mol. The number of aliphatic hydroxyl groups excluding tert-OH is 1. The molecule has 0 aliphatic carbocycles. The summed E-state index contributed by atoms with van der Waals surface area (Å²) in [7, 11) is 0. The minimum absolute atomic E-state index is 0.0628. The number of hydrogen-bond acceptors (Lipinski definition) is 2. The van der Waals surface area contributed by atoms with Crippen LogP contribution in [-0.2, 0) is 11.0 Å². The Balaban J connectivity index is 2.80. The van der Waals surface area contributed by atoms with Crippen LogP contribution in [0.3, 0.4) is 0 Å². The summed E-state index contributed by atoms with van der Waals surface area (Å²) in [5.41, 5.74) is -0.104. The highest BCUT2D eigenvalue weighted by atomic mass is 19.4. The van der Waals surface area contributed by atoms with Gasteiger partial charge in [-0.2, -0.15) is 13.2 Å². The lowest BCUT2D eigenvalue weighted by atomic mass is 10.1. The molecule has 6 heteroatoms. The summed E-state index contributed by atoms with van der Waals surface area (Å²) in [4.78, 5) is 11.5. The largest absolute Gasteiger partial charge is 0.416 e. The molecule has 0 spiro atoms. The van der Waals surface area contributed by atoms with Gasteiger partial charge in [-0.15, -0.1) is 0 Å². The highest BCUT2D eigenvalue weighted by Gasteiger charge is 2.30. The minimum atomic E-state index is -4.44. The smallest absolute Gasteiger partial charge is 0.393 e. The molecular formula is C13H16F3NO2. The Kier molecular flexibility index (Phi) is 4.94. The van der Waals surface area contributed by atoms with E-state index in [0.717, 1.165) is 12.1 Å². The molecule has 0 saturated carbocycles. The van der Waals surface area contributed by atoms with Crippen LogP contribution in [0.5, 0.6) is 0 Å². The van der Waals surface area contributed by atoms with Crippen LogP contribution in [0.2, 0.25) is 0 Å².